The zero-order valence-electron chi connectivity index (χ0n) is 15.1. The third-order valence-electron chi connectivity index (χ3n) is 5.02. The molecule has 24 heavy (non-hydrogen) atoms. The van der Waals surface area contributed by atoms with Gasteiger partial charge in [-0.2, -0.15) is 0 Å². The van der Waals surface area contributed by atoms with Crippen LogP contribution in [0.15, 0.2) is 29.5 Å². The molecule has 1 aromatic carbocycles. The first-order valence-electron chi connectivity index (χ1n) is 8.69. The number of carbonyl (C=O) groups excluding carboxylic acids is 1. The average molecular weight is 326 g/mol. The Labute approximate surface area is 144 Å². The quantitative estimate of drug-likeness (QED) is 0.777. The fraction of sp³-hybridized carbons (Fsp3) is 0.476. The van der Waals surface area contributed by atoms with Gasteiger partial charge in [0.2, 0.25) is 0 Å². The van der Waals surface area contributed by atoms with E-state index in [4.69, 9.17) is 9.47 Å². The molecule has 0 atom stereocenters. The van der Waals surface area contributed by atoms with Crippen molar-refractivity contribution in [1.29, 1.82) is 0 Å². The number of hydrogen-bond acceptors (Lipinski definition) is 3. The number of aryl methyl sites for hydroxylation is 3. The van der Waals surface area contributed by atoms with Crippen molar-refractivity contribution in [2.45, 2.75) is 40.0 Å². The molecule has 0 amide bonds. The monoisotopic (exact) mass is 326 g/mol. The third kappa shape index (κ3) is 3.18. The molecule has 0 N–H and O–H groups in total. The zero-order chi connectivity index (χ0) is 17.3. The SMILES string of the molecule is COC1=C(c2c(C)cc(C)cc2C)C(=O)C(=CC2CCOCC2)C1. The van der Waals surface area contributed by atoms with Crippen molar-refractivity contribution in [2.24, 2.45) is 5.92 Å². The topological polar surface area (TPSA) is 35.5 Å². The van der Waals surface area contributed by atoms with Crippen LogP contribution in [0.5, 0.6) is 0 Å². The van der Waals surface area contributed by atoms with Gasteiger partial charge in [-0.15, -0.1) is 0 Å². The fourth-order valence-corrected chi connectivity index (χ4v) is 3.93. The van der Waals surface area contributed by atoms with Gasteiger partial charge in [-0.05, 0) is 56.2 Å². The number of carbonyl (C=O) groups is 1. The second kappa shape index (κ2) is 6.94. The van der Waals surface area contributed by atoms with Gasteiger partial charge >= 0.3 is 0 Å². The van der Waals surface area contributed by atoms with Crippen molar-refractivity contribution >= 4 is 11.4 Å². The molecule has 2 aliphatic rings. The minimum absolute atomic E-state index is 0.133. The van der Waals surface area contributed by atoms with Gasteiger partial charge in [0, 0.05) is 25.2 Å². The summed E-state index contributed by atoms with van der Waals surface area (Å²) in [7, 11) is 1.67. The molecule has 3 heteroatoms. The van der Waals surface area contributed by atoms with Crippen molar-refractivity contribution in [1.82, 2.24) is 0 Å². The predicted molar refractivity (Wildman–Crippen MR) is 95.8 cm³/mol. The smallest absolute Gasteiger partial charge is 0.193 e. The van der Waals surface area contributed by atoms with E-state index in [1.165, 1.54) is 5.56 Å². The molecule has 3 rings (SSSR count). The standard InChI is InChI=1S/C21H26O3/c1-13-9-14(2)19(15(3)10-13)20-18(23-4)12-17(21(20)22)11-16-5-7-24-8-6-16/h9-11,16H,5-8,12H2,1-4H3. The van der Waals surface area contributed by atoms with Gasteiger partial charge in [0.15, 0.2) is 5.78 Å². The van der Waals surface area contributed by atoms with Crippen molar-refractivity contribution in [2.75, 3.05) is 20.3 Å². The Balaban J connectivity index is 1.98. The highest BCUT2D eigenvalue weighted by atomic mass is 16.5. The van der Waals surface area contributed by atoms with Gasteiger partial charge in [-0.25, -0.2) is 0 Å². The molecule has 1 fully saturated rings. The van der Waals surface area contributed by atoms with Crippen molar-refractivity contribution in [3.63, 3.8) is 0 Å². The number of hydrogen-bond donors (Lipinski definition) is 0. The summed E-state index contributed by atoms with van der Waals surface area (Å²) in [4.78, 5) is 13.1. The lowest BCUT2D eigenvalue weighted by Crippen LogP contribution is -2.15. The number of methoxy groups -OCH3 is 1. The fourth-order valence-electron chi connectivity index (χ4n) is 3.93. The first-order valence-corrected chi connectivity index (χ1v) is 8.69. The first-order chi connectivity index (χ1) is 11.5. The molecule has 1 saturated heterocycles. The molecule has 1 heterocycles. The Bertz CT molecular complexity index is 696. The van der Waals surface area contributed by atoms with Crippen LogP contribution < -0.4 is 0 Å². The Morgan fingerprint density at radius 1 is 1.12 bits per heavy atom. The molecule has 3 nitrogen and oxygen atoms in total. The molecule has 0 saturated carbocycles. The lowest BCUT2D eigenvalue weighted by molar-refractivity contribution is -0.110. The molecular formula is C21H26O3. The average Bonchev–Trinajstić information content (AvgIpc) is 2.84. The zero-order valence-corrected chi connectivity index (χ0v) is 15.1. The van der Waals surface area contributed by atoms with Crippen LogP contribution >= 0.6 is 0 Å². The maximum Gasteiger partial charge on any atom is 0.193 e. The maximum absolute atomic E-state index is 13.1. The van der Waals surface area contributed by atoms with Crippen molar-refractivity contribution < 1.29 is 14.3 Å². The van der Waals surface area contributed by atoms with E-state index in [2.05, 4.69) is 39.0 Å². The van der Waals surface area contributed by atoms with Gasteiger partial charge in [-0.1, -0.05) is 23.8 Å². The molecule has 1 aliphatic carbocycles. The lowest BCUT2D eigenvalue weighted by atomic mass is 9.91. The van der Waals surface area contributed by atoms with Crippen LogP contribution in [-0.2, 0) is 14.3 Å². The number of allylic oxidation sites excluding steroid dienone is 3. The van der Waals surface area contributed by atoms with E-state index in [0.717, 1.165) is 59.7 Å². The Morgan fingerprint density at radius 2 is 1.75 bits per heavy atom. The molecular weight excluding hydrogens is 300 g/mol. The van der Waals surface area contributed by atoms with Gasteiger partial charge in [-0.3, -0.25) is 4.79 Å². The number of ether oxygens (including phenoxy) is 2. The summed E-state index contributed by atoms with van der Waals surface area (Å²) >= 11 is 0. The normalized spacial score (nSPS) is 21.0. The largest absolute Gasteiger partial charge is 0.500 e. The number of ketones is 1. The van der Waals surface area contributed by atoms with E-state index >= 15 is 0 Å². The summed E-state index contributed by atoms with van der Waals surface area (Å²) in [6, 6.07) is 4.27. The van der Waals surface area contributed by atoms with Crippen LogP contribution in [0.25, 0.3) is 5.57 Å². The highest BCUT2D eigenvalue weighted by molar-refractivity contribution is 6.32. The highest BCUT2D eigenvalue weighted by Gasteiger charge is 2.32. The van der Waals surface area contributed by atoms with Crippen molar-refractivity contribution in [3.05, 3.63) is 51.8 Å². The van der Waals surface area contributed by atoms with E-state index in [1.54, 1.807) is 7.11 Å². The van der Waals surface area contributed by atoms with Crippen LogP contribution in [0.2, 0.25) is 0 Å². The maximum atomic E-state index is 13.1. The first kappa shape index (κ1) is 17.0. The molecule has 0 bridgehead atoms. The van der Waals surface area contributed by atoms with Gasteiger partial charge in [0.1, 0.15) is 5.76 Å². The Hall–Kier alpha value is -1.87. The van der Waals surface area contributed by atoms with Gasteiger partial charge in [0.05, 0.1) is 12.7 Å². The summed E-state index contributed by atoms with van der Waals surface area (Å²) in [5.41, 5.74) is 6.17. The minimum Gasteiger partial charge on any atom is -0.500 e. The van der Waals surface area contributed by atoms with Crippen molar-refractivity contribution in [3.8, 4) is 0 Å². The number of benzene rings is 1. The molecule has 1 aliphatic heterocycles. The third-order valence-corrected chi connectivity index (χ3v) is 5.02. The molecule has 128 valence electrons. The summed E-state index contributed by atoms with van der Waals surface area (Å²) < 4.78 is 11.0. The van der Waals surface area contributed by atoms with Crippen LogP contribution in [-0.4, -0.2) is 26.1 Å². The van der Waals surface area contributed by atoms with Crippen LogP contribution in [0, 0.1) is 26.7 Å². The molecule has 0 spiro atoms. The Kier molecular flexibility index (Phi) is 4.91. The number of Topliss-reactive ketones (excluding diaryl/α,β-unsaturated/α-hetero) is 1. The lowest BCUT2D eigenvalue weighted by Gasteiger charge is -2.19. The predicted octanol–water partition coefficient (Wildman–Crippen LogP) is 4.30. The van der Waals surface area contributed by atoms with E-state index < -0.39 is 0 Å². The van der Waals surface area contributed by atoms with Gasteiger partial charge < -0.3 is 9.47 Å². The van der Waals surface area contributed by atoms with E-state index in [0.29, 0.717) is 12.3 Å². The van der Waals surface area contributed by atoms with E-state index in [-0.39, 0.29) is 5.78 Å². The van der Waals surface area contributed by atoms with Crippen LogP contribution in [0.3, 0.4) is 0 Å². The second-order valence-electron chi connectivity index (χ2n) is 6.92. The summed E-state index contributed by atoms with van der Waals surface area (Å²) in [5, 5.41) is 0. The Morgan fingerprint density at radius 3 is 2.33 bits per heavy atom. The van der Waals surface area contributed by atoms with E-state index in [9.17, 15) is 4.79 Å². The van der Waals surface area contributed by atoms with E-state index in [1.807, 2.05) is 0 Å². The van der Waals surface area contributed by atoms with Crippen LogP contribution in [0.4, 0.5) is 0 Å². The summed E-state index contributed by atoms with van der Waals surface area (Å²) in [5.74, 6) is 1.37. The molecule has 0 radical (unpaired) electrons. The molecule has 0 aromatic heterocycles. The van der Waals surface area contributed by atoms with Gasteiger partial charge in [0.25, 0.3) is 0 Å². The summed E-state index contributed by atoms with van der Waals surface area (Å²) in [6.07, 6.45) is 4.76. The molecule has 0 unspecified atom stereocenters. The van der Waals surface area contributed by atoms with Crippen LogP contribution in [0.1, 0.15) is 41.5 Å². The summed E-state index contributed by atoms with van der Waals surface area (Å²) in [6.45, 7) is 7.81. The molecule has 1 aromatic rings. The number of rotatable bonds is 3. The highest BCUT2D eigenvalue weighted by Crippen LogP contribution is 2.39. The minimum atomic E-state index is 0.133. The second-order valence-corrected chi connectivity index (χ2v) is 6.92.